The van der Waals surface area contributed by atoms with Gasteiger partial charge in [0.1, 0.15) is 11.6 Å². The summed E-state index contributed by atoms with van der Waals surface area (Å²) in [6.45, 7) is 3.28. The summed E-state index contributed by atoms with van der Waals surface area (Å²) in [7, 11) is 1.82. The lowest BCUT2D eigenvalue weighted by Crippen LogP contribution is -2.38. The molecular weight excluding hydrogens is 240 g/mol. The number of aryl methyl sites for hydroxylation is 1. The summed E-state index contributed by atoms with van der Waals surface area (Å²) in [4.78, 5) is 0. The van der Waals surface area contributed by atoms with Gasteiger partial charge in [0.15, 0.2) is 0 Å². The Morgan fingerprint density at radius 1 is 1.32 bits per heavy atom. The predicted molar refractivity (Wildman–Crippen MR) is 72.9 cm³/mol. The molecule has 2 heterocycles. The van der Waals surface area contributed by atoms with Gasteiger partial charge in [-0.05, 0) is 39.0 Å². The lowest BCUT2D eigenvalue weighted by atomic mass is 9.92. The summed E-state index contributed by atoms with van der Waals surface area (Å²) >= 11 is 0. The average molecular weight is 264 g/mol. The number of methoxy groups -OCH3 is 1. The van der Waals surface area contributed by atoms with E-state index >= 15 is 0 Å². The third kappa shape index (κ3) is 2.67. The lowest BCUT2D eigenvalue weighted by molar-refractivity contribution is 0.0570. The number of hydrogen-bond donors (Lipinski definition) is 1. The second kappa shape index (κ2) is 5.59. The summed E-state index contributed by atoms with van der Waals surface area (Å²) < 4.78 is 7.78. The van der Waals surface area contributed by atoms with Crippen molar-refractivity contribution in [2.24, 2.45) is 0 Å². The van der Waals surface area contributed by atoms with E-state index in [2.05, 4.69) is 27.0 Å². The molecule has 1 saturated carbocycles. The Hall–Kier alpha value is -0.940. The van der Waals surface area contributed by atoms with Crippen molar-refractivity contribution in [3.05, 3.63) is 11.6 Å². The minimum Gasteiger partial charge on any atom is -0.381 e. The first kappa shape index (κ1) is 13.1. The summed E-state index contributed by atoms with van der Waals surface area (Å²) in [6.07, 6.45) is 7.51. The highest BCUT2D eigenvalue weighted by Crippen LogP contribution is 2.24. The Kier molecular flexibility index (Phi) is 3.84. The van der Waals surface area contributed by atoms with Crippen LogP contribution in [0.2, 0.25) is 0 Å². The summed E-state index contributed by atoms with van der Waals surface area (Å²) in [5.74, 6) is 2.26. The third-order valence-electron chi connectivity index (χ3n) is 4.47. The van der Waals surface area contributed by atoms with Crippen molar-refractivity contribution in [3.8, 4) is 0 Å². The topological polar surface area (TPSA) is 52.0 Å². The first-order valence-electron chi connectivity index (χ1n) is 7.48. The van der Waals surface area contributed by atoms with E-state index in [1.54, 1.807) is 0 Å². The van der Waals surface area contributed by atoms with Gasteiger partial charge in [0.2, 0.25) is 0 Å². The molecule has 1 aliphatic carbocycles. The van der Waals surface area contributed by atoms with Crippen molar-refractivity contribution < 1.29 is 4.74 Å². The molecular formula is C14H24N4O. The molecule has 1 N–H and O–H groups in total. The van der Waals surface area contributed by atoms with Crippen molar-refractivity contribution >= 4 is 0 Å². The fourth-order valence-electron chi connectivity index (χ4n) is 3.43. The van der Waals surface area contributed by atoms with Crippen LogP contribution < -0.4 is 5.32 Å². The molecule has 0 aromatic carbocycles. The van der Waals surface area contributed by atoms with E-state index in [4.69, 9.17) is 4.74 Å². The first-order valence-corrected chi connectivity index (χ1v) is 7.48. The van der Waals surface area contributed by atoms with Crippen LogP contribution >= 0.6 is 0 Å². The molecule has 0 saturated heterocycles. The van der Waals surface area contributed by atoms with Crippen molar-refractivity contribution in [2.45, 2.75) is 70.2 Å². The number of nitrogens with zero attached hydrogens (tertiary/aromatic N) is 3. The fraction of sp³-hybridized carbons (Fsp3) is 0.857. The second-order valence-electron chi connectivity index (χ2n) is 5.84. The van der Waals surface area contributed by atoms with Crippen LogP contribution in [0.3, 0.4) is 0 Å². The van der Waals surface area contributed by atoms with Gasteiger partial charge in [-0.15, -0.1) is 10.2 Å². The maximum Gasteiger partial charge on any atom is 0.149 e. The molecule has 106 valence electrons. The van der Waals surface area contributed by atoms with Crippen molar-refractivity contribution in [1.82, 2.24) is 20.1 Å². The molecule has 0 radical (unpaired) electrons. The van der Waals surface area contributed by atoms with Gasteiger partial charge in [-0.1, -0.05) is 0 Å². The SMILES string of the molecule is COC1CCCC(NC(C)c2nnc3n2CCC3)C1. The van der Waals surface area contributed by atoms with E-state index in [1.807, 2.05) is 7.11 Å². The smallest absolute Gasteiger partial charge is 0.149 e. The maximum atomic E-state index is 5.49. The molecule has 0 spiro atoms. The molecule has 0 amide bonds. The Balaban J connectivity index is 1.62. The molecule has 1 aromatic heterocycles. The Labute approximate surface area is 114 Å². The predicted octanol–water partition coefficient (Wildman–Crippen LogP) is 1.83. The van der Waals surface area contributed by atoms with E-state index in [1.165, 1.54) is 25.7 Å². The largest absolute Gasteiger partial charge is 0.381 e. The van der Waals surface area contributed by atoms with Crippen LogP contribution in [-0.2, 0) is 17.7 Å². The Morgan fingerprint density at radius 3 is 3.05 bits per heavy atom. The zero-order valence-electron chi connectivity index (χ0n) is 11.9. The van der Waals surface area contributed by atoms with Gasteiger partial charge in [-0.2, -0.15) is 0 Å². The van der Waals surface area contributed by atoms with E-state index < -0.39 is 0 Å². The molecule has 1 aliphatic heterocycles. The molecule has 1 aromatic rings. The number of aromatic nitrogens is 3. The fourth-order valence-corrected chi connectivity index (χ4v) is 3.43. The van der Waals surface area contributed by atoms with Gasteiger partial charge in [0.05, 0.1) is 12.1 Å². The van der Waals surface area contributed by atoms with Crippen molar-refractivity contribution in [3.63, 3.8) is 0 Å². The van der Waals surface area contributed by atoms with Crippen LogP contribution in [0.15, 0.2) is 0 Å². The van der Waals surface area contributed by atoms with Gasteiger partial charge in [0.25, 0.3) is 0 Å². The zero-order chi connectivity index (χ0) is 13.2. The second-order valence-corrected chi connectivity index (χ2v) is 5.84. The van der Waals surface area contributed by atoms with Crippen LogP contribution in [0.25, 0.3) is 0 Å². The standard InChI is InChI=1S/C14H24N4O/c1-10(14-17-16-13-7-4-8-18(13)14)15-11-5-3-6-12(9-11)19-2/h10-12,15H,3-9H2,1-2H3. The van der Waals surface area contributed by atoms with Crippen LogP contribution in [0.4, 0.5) is 0 Å². The van der Waals surface area contributed by atoms with E-state index in [0.717, 1.165) is 31.0 Å². The molecule has 3 rings (SSSR count). The minimum absolute atomic E-state index is 0.278. The molecule has 5 nitrogen and oxygen atoms in total. The molecule has 0 bridgehead atoms. The molecule has 3 unspecified atom stereocenters. The van der Waals surface area contributed by atoms with Crippen LogP contribution in [-0.4, -0.2) is 34.0 Å². The Bertz CT molecular complexity index is 431. The van der Waals surface area contributed by atoms with Gasteiger partial charge < -0.3 is 14.6 Å². The van der Waals surface area contributed by atoms with Gasteiger partial charge in [0, 0.05) is 26.1 Å². The molecule has 1 fully saturated rings. The van der Waals surface area contributed by atoms with Crippen molar-refractivity contribution in [1.29, 1.82) is 0 Å². The van der Waals surface area contributed by atoms with Gasteiger partial charge in [-0.3, -0.25) is 0 Å². The number of fused-ring (bicyclic) bond motifs is 1. The highest BCUT2D eigenvalue weighted by molar-refractivity contribution is 5.04. The normalized spacial score (nSPS) is 28.3. The zero-order valence-corrected chi connectivity index (χ0v) is 11.9. The summed E-state index contributed by atoms with van der Waals surface area (Å²) in [6, 6.07) is 0.822. The molecule has 2 aliphatic rings. The Morgan fingerprint density at radius 2 is 2.21 bits per heavy atom. The molecule has 3 atom stereocenters. The lowest BCUT2D eigenvalue weighted by Gasteiger charge is -2.30. The van der Waals surface area contributed by atoms with Gasteiger partial charge >= 0.3 is 0 Å². The van der Waals surface area contributed by atoms with Crippen LogP contribution in [0, 0.1) is 0 Å². The van der Waals surface area contributed by atoms with E-state index in [9.17, 15) is 0 Å². The maximum absolute atomic E-state index is 5.49. The monoisotopic (exact) mass is 264 g/mol. The highest BCUT2D eigenvalue weighted by Gasteiger charge is 2.26. The number of hydrogen-bond acceptors (Lipinski definition) is 4. The van der Waals surface area contributed by atoms with E-state index in [0.29, 0.717) is 12.1 Å². The minimum atomic E-state index is 0.278. The molecule has 19 heavy (non-hydrogen) atoms. The van der Waals surface area contributed by atoms with Crippen molar-refractivity contribution in [2.75, 3.05) is 7.11 Å². The summed E-state index contributed by atoms with van der Waals surface area (Å²) in [5.41, 5.74) is 0. The highest BCUT2D eigenvalue weighted by atomic mass is 16.5. The van der Waals surface area contributed by atoms with Crippen LogP contribution in [0.5, 0.6) is 0 Å². The number of ether oxygens (including phenoxy) is 1. The number of rotatable bonds is 4. The number of nitrogens with one attached hydrogen (secondary N) is 1. The molecule has 5 heteroatoms. The summed E-state index contributed by atoms with van der Waals surface area (Å²) in [5, 5.41) is 12.4. The van der Waals surface area contributed by atoms with Gasteiger partial charge in [-0.25, -0.2) is 0 Å². The average Bonchev–Trinajstić information content (AvgIpc) is 3.01. The third-order valence-corrected chi connectivity index (χ3v) is 4.47. The quantitative estimate of drug-likeness (QED) is 0.901. The van der Waals surface area contributed by atoms with Crippen LogP contribution in [0.1, 0.15) is 56.7 Å². The van der Waals surface area contributed by atoms with E-state index in [-0.39, 0.29) is 6.04 Å². The first-order chi connectivity index (χ1) is 9.28.